The molecule has 0 saturated carbocycles. The quantitative estimate of drug-likeness (QED) is 0.756. The smallest absolute Gasteiger partial charge is 0.332 e. The van der Waals surface area contributed by atoms with Crippen LogP contribution in [0.2, 0.25) is 0 Å². The molecule has 24 heavy (non-hydrogen) atoms. The zero-order chi connectivity index (χ0) is 18.0. The number of hydrogen-bond donors (Lipinski definition) is 2. The molecular weight excluding hydrogens is 359 g/mol. The summed E-state index contributed by atoms with van der Waals surface area (Å²) in [6, 6.07) is 10.2. The number of amides is 1. The maximum atomic E-state index is 12.9. The maximum absolute atomic E-state index is 12.9. The Morgan fingerprint density at radius 1 is 1.00 bits per heavy atom. The maximum Gasteiger partial charge on any atom is 0.332 e. The average Bonchev–Trinajstić information content (AvgIpc) is 2.51. The zero-order valence-electron chi connectivity index (χ0n) is 12.1. The molecule has 0 fully saturated rings. The first-order valence-electron chi connectivity index (χ1n) is 6.52. The predicted molar refractivity (Wildman–Crippen MR) is 83.7 cm³/mol. The molecule has 0 spiro atoms. The SMILES string of the molecule is NS(=O)(=O)c1cccc(CNC(=O)c2cccc(S(=O)(=O)F)c2)c1. The van der Waals surface area contributed by atoms with E-state index in [1.807, 2.05) is 0 Å². The zero-order valence-corrected chi connectivity index (χ0v) is 13.8. The molecule has 0 aromatic heterocycles. The molecule has 0 bridgehead atoms. The fourth-order valence-corrected chi connectivity index (χ4v) is 3.00. The number of benzene rings is 2. The summed E-state index contributed by atoms with van der Waals surface area (Å²) in [5, 5.41) is 7.50. The van der Waals surface area contributed by atoms with E-state index in [0.29, 0.717) is 5.56 Å². The molecule has 0 aliphatic carbocycles. The third-order valence-electron chi connectivity index (χ3n) is 3.06. The summed E-state index contributed by atoms with van der Waals surface area (Å²) in [6.07, 6.45) is 0. The summed E-state index contributed by atoms with van der Waals surface area (Å²) in [5.74, 6) is -0.637. The van der Waals surface area contributed by atoms with Gasteiger partial charge in [0.15, 0.2) is 0 Å². The standard InChI is InChI=1S/C14H13FN2O5S2/c15-23(19,20)12-5-2-4-11(8-12)14(18)17-9-10-3-1-6-13(7-10)24(16,21)22/h1-8H,9H2,(H,17,18)(H2,16,21,22). The molecule has 0 radical (unpaired) electrons. The van der Waals surface area contributed by atoms with Crippen LogP contribution < -0.4 is 10.5 Å². The van der Waals surface area contributed by atoms with Gasteiger partial charge < -0.3 is 5.32 Å². The Kier molecular flexibility index (Phi) is 5.02. The van der Waals surface area contributed by atoms with Crippen LogP contribution in [0.3, 0.4) is 0 Å². The first-order chi connectivity index (χ1) is 11.1. The Morgan fingerprint density at radius 3 is 2.25 bits per heavy atom. The van der Waals surface area contributed by atoms with Crippen LogP contribution >= 0.6 is 0 Å². The third-order valence-corrected chi connectivity index (χ3v) is 4.79. The van der Waals surface area contributed by atoms with Gasteiger partial charge in [-0.15, -0.1) is 3.89 Å². The Hall–Kier alpha value is -2.30. The topological polar surface area (TPSA) is 123 Å². The molecule has 128 valence electrons. The van der Waals surface area contributed by atoms with Gasteiger partial charge in [0.1, 0.15) is 0 Å². The number of nitrogens with one attached hydrogen (secondary N) is 1. The number of primary sulfonamides is 1. The average molecular weight is 372 g/mol. The van der Waals surface area contributed by atoms with Crippen LogP contribution in [-0.2, 0) is 26.8 Å². The van der Waals surface area contributed by atoms with Crippen LogP contribution in [0, 0.1) is 0 Å². The van der Waals surface area contributed by atoms with E-state index < -0.39 is 31.0 Å². The minimum absolute atomic E-state index is 0.0191. The van der Waals surface area contributed by atoms with Gasteiger partial charge in [0.05, 0.1) is 9.79 Å². The van der Waals surface area contributed by atoms with Crippen molar-refractivity contribution in [2.75, 3.05) is 0 Å². The van der Waals surface area contributed by atoms with Crippen molar-refractivity contribution in [3.05, 3.63) is 59.7 Å². The summed E-state index contributed by atoms with van der Waals surface area (Å²) in [4.78, 5) is 11.3. The molecule has 2 aromatic rings. The highest BCUT2D eigenvalue weighted by Crippen LogP contribution is 2.14. The second-order valence-corrected chi connectivity index (χ2v) is 7.75. The molecule has 2 aromatic carbocycles. The minimum Gasteiger partial charge on any atom is -0.348 e. The Bertz CT molecular complexity index is 988. The second-order valence-electron chi connectivity index (χ2n) is 4.84. The van der Waals surface area contributed by atoms with Gasteiger partial charge in [-0.05, 0) is 35.9 Å². The van der Waals surface area contributed by atoms with Crippen molar-refractivity contribution in [3.63, 3.8) is 0 Å². The fraction of sp³-hybridized carbons (Fsp3) is 0.0714. The molecule has 7 nitrogen and oxygen atoms in total. The summed E-state index contributed by atoms with van der Waals surface area (Å²) in [5.41, 5.74) is 0.431. The summed E-state index contributed by atoms with van der Waals surface area (Å²) >= 11 is 0. The predicted octanol–water partition coefficient (Wildman–Crippen LogP) is 0.922. The number of carbonyl (C=O) groups is 1. The van der Waals surface area contributed by atoms with E-state index in [2.05, 4.69) is 5.32 Å². The molecule has 2 rings (SSSR count). The molecule has 0 atom stereocenters. The number of halogens is 1. The third kappa shape index (κ3) is 4.60. The van der Waals surface area contributed by atoms with Crippen molar-refractivity contribution in [2.24, 2.45) is 5.14 Å². The number of hydrogen-bond acceptors (Lipinski definition) is 5. The Balaban J connectivity index is 2.15. The lowest BCUT2D eigenvalue weighted by Crippen LogP contribution is -2.23. The lowest BCUT2D eigenvalue weighted by atomic mass is 10.2. The van der Waals surface area contributed by atoms with E-state index in [-0.39, 0.29) is 17.0 Å². The van der Waals surface area contributed by atoms with E-state index in [1.54, 1.807) is 6.07 Å². The van der Waals surface area contributed by atoms with Crippen LogP contribution in [0.1, 0.15) is 15.9 Å². The van der Waals surface area contributed by atoms with Crippen molar-refractivity contribution >= 4 is 26.2 Å². The fourth-order valence-electron chi connectivity index (χ4n) is 1.91. The molecule has 10 heteroatoms. The molecule has 0 saturated heterocycles. The van der Waals surface area contributed by atoms with Crippen LogP contribution in [-0.4, -0.2) is 22.7 Å². The number of nitrogens with two attached hydrogens (primary N) is 1. The molecular formula is C14H13FN2O5S2. The Morgan fingerprint density at radius 2 is 1.62 bits per heavy atom. The van der Waals surface area contributed by atoms with Crippen molar-refractivity contribution < 1.29 is 25.5 Å². The van der Waals surface area contributed by atoms with E-state index >= 15 is 0 Å². The van der Waals surface area contributed by atoms with Crippen LogP contribution in [0.15, 0.2) is 58.3 Å². The van der Waals surface area contributed by atoms with Crippen molar-refractivity contribution in [2.45, 2.75) is 16.3 Å². The molecule has 0 heterocycles. The van der Waals surface area contributed by atoms with Crippen LogP contribution in [0.5, 0.6) is 0 Å². The van der Waals surface area contributed by atoms with Gasteiger partial charge in [0.2, 0.25) is 10.0 Å². The van der Waals surface area contributed by atoms with Crippen molar-refractivity contribution in [1.82, 2.24) is 5.32 Å². The van der Waals surface area contributed by atoms with E-state index in [9.17, 15) is 25.5 Å². The lowest BCUT2D eigenvalue weighted by molar-refractivity contribution is 0.0950. The Labute approximate surface area is 138 Å². The summed E-state index contributed by atoms with van der Waals surface area (Å²) in [7, 11) is -8.77. The van der Waals surface area contributed by atoms with Gasteiger partial charge in [-0.1, -0.05) is 18.2 Å². The van der Waals surface area contributed by atoms with Crippen molar-refractivity contribution in [1.29, 1.82) is 0 Å². The van der Waals surface area contributed by atoms with Gasteiger partial charge in [0.25, 0.3) is 5.91 Å². The highest BCUT2D eigenvalue weighted by atomic mass is 32.3. The van der Waals surface area contributed by atoms with E-state index in [0.717, 1.165) is 12.1 Å². The second kappa shape index (κ2) is 6.67. The molecule has 0 unspecified atom stereocenters. The molecule has 3 N–H and O–H groups in total. The largest absolute Gasteiger partial charge is 0.348 e. The van der Waals surface area contributed by atoms with Gasteiger partial charge in [-0.25, -0.2) is 13.6 Å². The van der Waals surface area contributed by atoms with Crippen LogP contribution in [0.4, 0.5) is 3.89 Å². The molecule has 0 aliphatic heterocycles. The summed E-state index contributed by atoms with van der Waals surface area (Å²) < 4.78 is 57.2. The van der Waals surface area contributed by atoms with Gasteiger partial charge in [0, 0.05) is 12.1 Å². The van der Waals surface area contributed by atoms with E-state index in [1.165, 1.54) is 30.3 Å². The monoisotopic (exact) mass is 372 g/mol. The molecule has 0 aliphatic rings. The highest BCUT2D eigenvalue weighted by Gasteiger charge is 2.15. The van der Waals surface area contributed by atoms with Gasteiger partial charge in [-0.2, -0.15) is 8.42 Å². The summed E-state index contributed by atoms with van der Waals surface area (Å²) in [6.45, 7) is -0.0191. The lowest BCUT2D eigenvalue weighted by Gasteiger charge is -2.07. The normalized spacial score (nSPS) is 11.9. The minimum atomic E-state index is -4.91. The first-order valence-corrected chi connectivity index (χ1v) is 9.45. The number of sulfonamides is 1. The van der Waals surface area contributed by atoms with E-state index in [4.69, 9.17) is 5.14 Å². The van der Waals surface area contributed by atoms with Gasteiger partial charge >= 0.3 is 10.2 Å². The van der Waals surface area contributed by atoms with Crippen LogP contribution in [0.25, 0.3) is 0 Å². The number of rotatable bonds is 5. The first kappa shape index (κ1) is 18.0. The number of carbonyl (C=O) groups excluding carboxylic acids is 1. The van der Waals surface area contributed by atoms with Gasteiger partial charge in [-0.3, -0.25) is 4.79 Å². The molecule has 1 amide bonds. The van der Waals surface area contributed by atoms with Crippen molar-refractivity contribution in [3.8, 4) is 0 Å². The highest BCUT2D eigenvalue weighted by molar-refractivity contribution is 7.89.